The lowest BCUT2D eigenvalue weighted by atomic mass is 9.60. The van der Waals surface area contributed by atoms with Crippen molar-refractivity contribution in [3.8, 4) is 0 Å². The third kappa shape index (κ3) is 1.45. The van der Waals surface area contributed by atoms with Crippen LogP contribution in [0.25, 0.3) is 0 Å². The first kappa shape index (κ1) is 9.09. The Morgan fingerprint density at radius 1 is 1.00 bits per heavy atom. The highest BCUT2D eigenvalue weighted by molar-refractivity contribution is 4.87. The molecule has 0 N–H and O–H groups in total. The van der Waals surface area contributed by atoms with E-state index in [9.17, 15) is 0 Å². The van der Waals surface area contributed by atoms with Gasteiger partial charge in [0.15, 0.2) is 0 Å². The van der Waals surface area contributed by atoms with E-state index in [2.05, 4.69) is 34.6 Å². The van der Waals surface area contributed by atoms with E-state index in [0.29, 0.717) is 5.41 Å². The van der Waals surface area contributed by atoms with E-state index >= 15 is 0 Å². The molecule has 0 bridgehead atoms. The van der Waals surface area contributed by atoms with Crippen LogP contribution in [0.1, 0.15) is 47.5 Å². The molecule has 1 aliphatic carbocycles. The lowest BCUT2D eigenvalue weighted by Gasteiger charge is -2.45. The molecular formula is C11H22. The molecule has 11 heavy (non-hydrogen) atoms. The fraction of sp³-hybridized carbons (Fsp3) is 1.00. The molecule has 1 unspecified atom stereocenters. The van der Waals surface area contributed by atoms with Crippen molar-refractivity contribution in [1.29, 1.82) is 0 Å². The molecule has 0 amide bonds. The summed E-state index contributed by atoms with van der Waals surface area (Å²) < 4.78 is 0. The predicted octanol–water partition coefficient (Wildman–Crippen LogP) is 3.71. The molecule has 0 aliphatic heterocycles. The fourth-order valence-electron chi connectivity index (χ4n) is 2.32. The zero-order valence-corrected chi connectivity index (χ0v) is 8.65. The molecule has 0 radical (unpaired) electrons. The smallest absolute Gasteiger partial charge is 0.0300 e. The van der Waals surface area contributed by atoms with Gasteiger partial charge < -0.3 is 0 Å². The van der Waals surface area contributed by atoms with E-state index in [4.69, 9.17) is 0 Å². The van der Waals surface area contributed by atoms with Crippen LogP contribution in [0.15, 0.2) is 0 Å². The Hall–Kier alpha value is 0. The van der Waals surface area contributed by atoms with Gasteiger partial charge in [-0.25, -0.2) is 0 Å². The van der Waals surface area contributed by atoms with Crippen LogP contribution >= 0.6 is 0 Å². The summed E-state index contributed by atoms with van der Waals surface area (Å²) >= 11 is 0. The minimum atomic E-state index is 0.567. The highest BCUT2D eigenvalue weighted by atomic mass is 14.4. The molecule has 0 spiro atoms. The zero-order chi connectivity index (χ0) is 8.65. The molecule has 3 atom stereocenters. The molecule has 0 heteroatoms. The second kappa shape index (κ2) is 2.80. The molecule has 1 aliphatic rings. The van der Waals surface area contributed by atoms with Crippen LogP contribution in [0.4, 0.5) is 0 Å². The van der Waals surface area contributed by atoms with Gasteiger partial charge in [0.05, 0.1) is 0 Å². The van der Waals surface area contributed by atoms with Crippen molar-refractivity contribution in [2.45, 2.75) is 47.5 Å². The minimum Gasteiger partial charge on any atom is -0.0622 e. The molecule has 0 nitrogen and oxygen atoms in total. The molecule has 0 aromatic heterocycles. The van der Waals surface area contributed by atoms with Crippen LogP contribution < -0.4 is 0 Å². The van der Waals surface area contributed by atoms with Crippen LogP contribution in [0.3, 0.4) is 0 Å². The van der Waals surface area contributed by atoms with Crippen LogP contribution in [0, 0.1) is 23.2 Å². The molecule has 0 aromatic rings. The van der Waals surface area contributed by atoms with Gasteiger partial charge >= 0.3 is 0 Å². The third-order valence-electron chi connectivity index (χ3n) is 4.35. The molecular weight excluding hydrogens is 132 g/mol. The van der Waals surface area contributed by atoms with Gasteiger partial charge in [-0.05, 0) is 29.6 Å². The van der Waals surface area contributed by atoms with Gasteiger partial charge in [-0.1, -0.05) is 41.0 Å². The summed E-state index contributed by atoms with van der Waals surface area (Å²) in [5, 5.41) is 0. The first-order valence-corrected chi connectivity index (χ1v) is 4.96. The van der Waals surface area contributed by atoms with Gasteiger partial charge in [0.1, 0.15) is 0 Å². The fourth-order valence-corrected chi connectivity index (χ4v) is 2.32. The normalized spacial score (nSPS) is 43.9. The molecule has 0 aromatic carbocycles. The van der Waals surface area contributed by atoms with Crippen LogP contribution in [-0.2, 0) is 0 Å². The molecule has 1 saturated carbocycles. The Labute approximate surface area is 71.4 Å². The van der Waals surface area contributed by atoms with Crippen LogP contribution in [0.5, 0.6) is 0 Å². The minimum absolute atomic E-state index is 0.567. The lowest BCUT2D eigenvalue weighted by Crippen LogP contribution is -2.37. The van der Waals surface area contributed by atoms with Gasteiger partial charge in [0.25, 0.3) is 0 Å². The van der Waals surface area contributed by atoms with Crippen molar-refractivity contribution < 1.29 is 0 Å². The maximum absolute atomic E-state index is 2.43. The average Bonchev–Trinajstić information content (AvgIpc) is 1.95. The third-order valence-corrected chi connectivity index (χ3v) is 4.35. The summed E-state index contributed by atoms with van der Waals surface area (Å²) in [6, 6.07) is 0. The molecule has 66 valence electrons. The zero-order valence-electron chi connectivity index (χ0n) is 8.65. The van der Waals surface area contributed by atoms with E-state index < -0.39 is 0 Å². The van der Waals surface area contributed by atoms with E-state index in [1.807, 2.05) is 0 Å². The van der Waals surface area contributed by atoms with E-state index in [-0.39, 0.29) is 0 Å². The summed E-state index contributed by atoms with van der Waals surface area (Å²) in [6.45, 7) is 12.1. The summed E-state index contributed by atoms with van der Waals surface area (Å²) in [6.07, 6.45) is 2.87. The van der Waals surface area contributed by atoms with Gasteiger partial charge in [0, 0.05) is 0 Å². The summed E-state index contributed by atoms with van der Waals surface area (Å²) in [7, 11) is 0. The molecule has 1 rings (SSSR count). The Kier molecular flexibility index (Phi) is 2.32. The van der Waals surface area contributed by atoms with E-state index in [1.54, 1.807) is 0 Å². The van der Waals surface area contributed by atoms with Crippen molar-refractivity contribution in [2.75, 3.05) is 0 Å². The van der Waals surface area contributed by atoms with Crippen molar-refractivity contribution in [1.82, 2.24) is 0 Å². The summed E-state index contributed by atoms with van der Waals surface area (Å²) in [4.78, 5) is 0. The Bertz CT molecular complexity index is 135. The Morgan fingerprint density at radius 3 is 2.00 bits per heavy atom. The van der Waals surface area contributed by atoms with E-state index in [0.717, 1.165) is 17.8 Å². The average molecular weight is 154 g/mol. The number of hydrogen-bond donors (Lipinski definition) is 0. The first-order valence-electron chi connectivity index (χ1n) is 4.96. The van der Waals surface area contributed by atoms with Crippen molar-refractivity contribution in [3.05, 3.63) is 0 Å². The highest BCUT2D eigenvalue weighted by Crippen LogP contribution is 2.46. The quantitative estimate of drug-likeness (QED) is 0.499. The largest absolute Gasteiger partial charge is 0.0622 e. The standard InChI is InChI=1S/C11H22/c1-8-6-7-9(2)11(4,5)10(8)3/h8-10H,6-7H2,1-5H3/t8?,9-,10+/m0/s1. The summed E-state index contributed by atoms with van der Waals surface area (Å²) in [5.74, 6) is 2.74. The second-order valence-electron chi connectivity index (χ2n) is 5.07. The van der Waals surface area contributed by atoms with Gasteiger partial charge in [0.2, 0.25) is 0 Å². The molecule has 1 fully saturated rings. The van der Waals surface area contributed by atoms with Crippen LogP contribution in [0.2, 0.25) is 0 Å². The number of hydrogen-bond acceptors (Lipinski definition) is 0. The topological polar surface area (TPSA) is 0 Å². The van der Waals surface area contributed by atoms with E-state index in [1.165, 1.54) is 12.8 Å². The second-order valence-corrected chi connectivity index (χ2v) is 5.07. The van der Waals surface area contributed by atoms with Crippen molar-refractivity contribution >= 4 is 0 Å². The lowest BCUT2D eigenvalue weighted by molar-refractivity contribution is 0.0406. The van der Waals surface area contributed by atoms with Gasteiger partial charge in [-0.2, -0.15) is 0 Å². The SMILES string of the molecule is CC1CC[C@H](C)C(C)(C)[C@@H]1C. The van der Waals surface area contributed by atoms with Crippen molar-refractivity contribution in [2.24, 2.45) is 23.2 Å². The monoisotopic (exact) mass is 154 g/mol. The maximum Gasteiger partial charge on any atom is -0.0300 e. The predicted molar refractivity (Wildman–Crippen MR) is 50.5 cm³/mol. The van der Waals surface area contributed by atoms with Gasteiger partial charge in [-0.15, -0.1) is 0 Å². The highest BCUT2D eigenvalue weighted by Gasteiger charge is 2.38. The van der Waals surface area contributed by atoms with Crippen molar-refractivity contribution in [3.63, 3.8) is 0 Å². The first-order chi connectivity index (χ1) is 4.96. The number of rotatable bonds is 0. The maximum atomic E-state index is 2.43. The van der Waals surface area contributed by atoms with Gasteiger partial charge in [-0.3, -0.25) is 0 Å². The summed E-state index contributed by atoms with van der Waals surface area (Å²) in [5.41, 5.74) is 0.567. The molecule has 0 saturated heterocycles. The van der Waals surface area contributed by atoms with Crippen LogP contribution in [-0.4, -0.2) is 0 Å². The molecule has 0 heterocycles. The Morgan fingerprint density at radius 2 is 1.55 bits per heavy atom. The Balaban J connectivity index is 2.72.